The molecule has 5 heteroatoms. The monoisotopic (exact) mass is 276 g/mol. The van der Waals surface area contributed by atoms with E-state index in [2.05, 4.69) is 10.1 Å². The molecule has 0 aliphatic carbocycles. The van der Waals surface area contributed by atoms with Crippen LogP contribution in [-0.2, 0) is 16.6 Å². The van der Waals surface area contributed by atoms with Gasteiger partial charge in [0.05, 0.1) is 0 Å². The van der Waals surface area contributed by atoms with Crippen LogP contribution in [0.2, 0.25) is 0 Å². The summed E-state index contributed by atoms with van der Waals surface area (Å²) in [7, 11) is 0. The average Bonchev–Trinajstić information content (AvgIpc) is 3.00. The summed E-state index contributed by atoms with van der Waals surface area (Å²) in [6.45, 7) is 1.33. The molecule has 0 radical (unpaired) electrons. The molecule has 0 amide bonds. The molecule has 1 aromatic heterocycles. The molecule has 0 saturated carbocycles. The molecule has 106 valence electrons. The van der Waals surface area contributed by atoms with E-state index in [1.165, 1.54) is 12.4 Å². The number of benzene rings is 1. The molecule has 2 aromatic rings. The van der Waals surface area contributed by atoms with E-state index in [4.69, 9.17) is 9.26 Å². The fourth-order valence-electron chi connectivity index (χ4n) is 2.96. The van der Waals surface area contributed by atoms with Crippen molar-refractivity contribution in [3.63, 3.8) is 0 Å². The number of rotatable bonds is 4. The lowest BCUT2D eigenvalue weighted by molar-refractivity contribution is 0.0448. The van der Waals surface area contributed by atoms with Gasteiger partial charge in [0.2, 0.25) is 5.89 Å². The van der Waals surface area contributed by atoms with Crippen molar-refractivity contribution in [2.45, 2.75) is 31.1 Å². The number of aryl methyl sites for hydroxylation is 1. The molecule has 3 rings (SSSR count). The van der Waals surface area contributed by atoms with E-state index in [9.17, 15) is 4.39 Å². The highest BCUT2D eigenvalue weighted by Gasteiger charge is 2.36. The number of nitrogens with zero attached hydrogens (tertiary/aromatic N) is 2. The highest BCUT2D eigenvalue weighted by Crippen LogP contribution is 2.40. The maximum Gasteiger partial charge on any atom is 0.226 e. The lowest BCUT2D eigenvalue weighted by Gasteiger charge is -2.37. The molecule has 0 bridgehead atoms. The Hall–Kier alpha value is -1.75. The fourth-order valence-corrected chi connectivity index (χ4v) is 2.96. The molecule has 20 heavy (non-hydrogen) atoms. The van der Waals surface area contributed by atoms with Gasteiger partial charge < -0.3 is 9.26 Å². The van der Waals surface area contributed by atoms with Gasteiger partial charge in [0, 0.05) is 25.0 Å². The van der Waals surface area contributed by atoms with Crippen molar-refractivity contribution in [2.75, 3.05) is 13.2 Å². The summed E-state index contributed by atoms with van der Waals surface area (Å²) >= 11 is 0. The molecular weight excluding hydrogens is 259 g/mol. The quantitative estimate of drug-likeness (QED) is 0.861. The van der Waals surface area contributed by atoms with Crippen LogP contribution in [0.25, 0.3) is 0 Å². The van der Waals surface area contributed by atoms with E-state index in [1.54, 1.807) is 6.07 Å². The lowest BCUT2D eigenvalue weighted by atomic mass is 9.71. The molecule has 1 aliphatic heterocycles. The van der Waals surface area contributed by atoms with Gasteiger partial charge >= 0.3 is 0 Å². The zero-order valence-corrected chi connectivity index (χ0v) is 11.2. The molecule has 4 nitrogen and oxygen atoms in total. The van der Waals surface area contributed by atoms with Gasteiger partial charge in [-0.25, -0.2) is 4.39 Å². The number of hydrogen-bond acceptors (Lipinski definition) is 4. The molecular formula is C15H17FN2O2. The van der Waals surface area contributed by atoms with Crippen LogP contribution in [0.4, 0.5) is 4.39 Å². The van der Waals surface area contributed by atoms with E-state index in [0.29, 0.717) is 25.5 Å². The maximum absolute atomic E-state index is 14.2. The summed E-state index contributed by atoms with van der Waals surface area (Å²) < 4.78 is 24.7. The standard InChI is InChI=1S/C15H17FN2O2/c16-13-4-2-1-3-12(13)15(7-9-19-10-8-15)6-5-14-17-11-18-20-14/h1-4,11H,5-10H2. The Morgan fingerprint density at radius 2 is 2.00 bits per heavy atom. The Morgan fingerprint density at radius 1 is 1.20 bits per heavy atom. The molecule has 0 atom stereocenters. The van der Waals surface area contributed by atoms with E-state index < -0.39 is 0 Å². The normalized spacial score (nSPS) is 18.1. The van der Waals surface area contributed by atoms with Crippen LogP contribution in [0.5, 0.6) is 0 Å². The molecule has 0 spiro atoms. The smallest absolute Gasteiger partial charge is 0.226 e. The Balaban J connectivity index is 1.86. The number of halogens is 1. The van der Waals surface area contributed by atoms with Crippen molar-refractivity contribution in [2.24, 2.45) is 0 Å². The van der Waals surface area contributed by atoms with Gasteiger partial charge in [-0.05, 0) is 30.9 Å². The summed E-state index contributed by atoms with van der Waals surface area (Å²) in [5, 5.41) is 3.61. The minimum atomic E-state index is -0.196. The Bertz CT molecular complexity index is 551. The van der Waals surface area contributed by atoms with Gasteiger partial charge in [-0.1, -0.05) is 23.4 Å². The number of ether oxygens (including phenoxy) is 1. The van der Waals surface area contributed by atoms with Crippen molar-refractivity contribution in [1.82, 2.24) is 10.1 Å². The summed E-state index contributed by atoms with van der Waals surface area (Å²) in [5.41, 5.74) is 0.584. The van der Waals surface area contributed by atoms with Crippen molar-refractivity contribution in [3.8, 4) is 0 Å². The third-order valence-corrected chi connectivity index (χ3v) is 4.12. The minimum absolute atomic E-state index is 0.139. The first kappa shape index (κ1) is 13.2. The summed E-state index contributed by atoms with van der Waals surface area (Å²) in [6, 6.07) is 7.03. The second kappa shape index (κ2) is 5.71. The molecule has 1 fully saturated rings. The SMILES string of the molecule is Fc1ccccc1C1(CCc2ncno2)CCOCC1. The zero-order valence-electron chi connectivity index (χ0n) is 11.2. The molecule has 1 aromatic carbocycles. The van der Waals surface area contributed by atoms with Crippen molar-refractivity contribution in [3.05, 3.63) is 47.9 Å². The van der Waals surface area contributed by atoms with Crippen LogP contribution in [0.15, 0.2) is 35.1 Å². The lowest BCUT2D eigenvalue weighted by Crippen LogP contribution is -2.35. The van der Waals surface area contributed by atoms with E-state index >= 15 is 0 Å². The molecule has 1 saturated heterocycles. The third kappa shape index (κ3) is 2.58. The van der Waals surface area contributed by atoms with Crippen LogP contribution >= 0.6 is 0 Å². The van der Waals surface area contributed by atoms with Gasteiger partial charge in [-0.3, -0.25) is 0 Å². The third-order valence-electron chi connectivity index (χ3n) is 4.12. The number of hydrogen-bond donors (Lipinski definition) is 0. The molecule has 1 aliphatic rings. The topological polar surface area (TPSA) is 48.2 Å². The largest absolute Gasteiger partial charge is 0.381 e. The highest BCUT2D eigenvalue weighted by molar-refractivity contribution is 5.28. The Kier molecular flexibility index (Phi) is 3.78. The van der Waals surface area contributed by atoms with Crippen molar-refractivity contribution in [1.29, 1.82) is 0 Å². The Labute approximate surface area is 117 Å². The summed E-state index contributed by atoms with van der Waals surface area (Å²) in [6.07, 6.45) is 4.49. The maximum atomic E-state index is 14.2. The second-order valence-electron chi connectivity index (χ2n) is 5.21. The summed E-state index contributed by atoms with van der Waals surface area (Å²) in [4.78, 5) is 4.05. The van der Waals surface area contributed by atoms with Crippen LogP contribution in [0, 0.1) is 5.82 Å². The van der Waals surface area contributed by atoms with Crippen LogP contribution < -0.4 is 0 Å². The molecule has 2 heterocycles. The van der Waals surface area contributed by atoms with Gasteiger partial charge in [-0.2, -0.15) is 4.98 Å². The van der Waals surface area contributed by atoms with E-state index in [-0.39, 0.29) is 11.2 Å². The predicted molar refractivity (Wildman–Crippen MR) is 70.8 cm³/mol. The van der Waals surface area contributed by atoms with Crippen molar-refractivity contribution < 1.29 is 13.7 Å². The van der Waals surface area contributed by atoms with Gasteiger partial charge in [0.25, 0.3) is 0 Å². The Morgan fingerprint density at radius 3 is 2.70 bits per heavy atom. The molecule has 0 N–H and O–H groups in total. The summed E-state index contributed by atoms with van der Waals surface area (Å²) in [5.74, 6) is 0.465. The first-order valence-electron chi connectivity index (χ1n) is 6.88. The van der Waals surface area contributed by atoms with Gasteiger partial charge in [0.1, 0.15) is 5.82 Å². The first-order valence-corrected chi connectivity index (χ1v) is 6.88. The van der Waals surface area contributed by atoms with Gasteiger partial charge in [-0.15, -0.1) is 0 Å². The van der Waals surface area contributed by atoms with Gasteiger partial charge in [0.15, 0.2) is 6.33 Å². The van der Waals surface area contributed by atoms with Crippen LogP contribution in [0.1, 0.15) is 30.7 Å². The highest BCUT2D eigenvalue weighted by atomic mass is 19.1. The average molecular weight is 276 g/mol. The van der Waals surface area contributed by atoms with Crippen LogP contribution in [0.3, 0.4) is 0 Å². The van der Waals surface area contributed by atoms with E-state index in [0.717, 1.165) is 24.8 Å². The van der Waals surface area contributed by atoms with Crippen LogP contribution in [-0.4, -0.2) is 23.4 Å². The number of aromatic nitrogens is 2. The zero-order chi connectivity index (χ0) is 13.8. The second-order valence-corrected chi connectivity index (χ2v) is 5.21. The fraction of sp³-hybridized carbons (Fsp3) is 0.467. The first-order chi connectivity index (χ1) is 9.80. The predicted octanol–water partition coefficient (Wildman–Crippen LogP) is 2.89. The van der Waals surface area contributed by atoms with E-state index in [1.807, 2.05) is 12.1 Å². The van der Waals surface area contributed by atoms with Crippen molar-refractivity contribution >= 4 is 0 Å². The minimum Gasteiger partial charge on any atom is -0.381 e. The molecule has 0 unspecified atom stereocenters.